The van der Waals surface area contributed by atoms with Gasteiger partial charge in [-0.2, -0.15) is 0 Å². The molecule has 0 unspecified atom stereocenters. The number of allylic oxidation sites excluding steroid dienone is 2. The lowest BCUT2D eigenvalue weighted by molar-refractivity contribution is -0.124. The Morgan fingerprint density at radius 2 is 1.58 bits per heavy atom. The number of hydrogen-bond acceptors (Lipinski definition) is 3. The summed E-state index contributed by atoms with van der Waals surface area (Å²) in [7, 11) is 0. The van der Waals surface area contributed by atoms with Gasteiger partial charge in [-0.15, -0.1) is 0 Å². The van der Waals surface area contributed by atoms with Crippen LogP contribution in [0.15, 0.2) is 36.4 Å². The summed E-state index contributed by atoms with van der Waals surface area (Å²) in [6.45, 7) is 2.73. The maximum absolute atomic E-state index is 13.0. The van der Waals surface area contributed by atoms with Crippen molar-refractivity contribution in [2.75, 3.05) is 11.5 Å². The van der Waals surface area contributed by atoms with Crippen molar-refractivity contribution < 1.29 is 14.3 Å². The summed E-state index contributed by atoms with van der Waals surface area (Å²) in [5.74, 6) is 2.34. The summed E-state index contributed by atoms with van der Waals surface area (Å²) >= 11 is 0. The molecule has 5 aliphatic rings. The number of amides is 2. The highest BCUT2D eigenvalue weighted by Gasteiger charge is 2.67. The second kappa shape index (κ2) is 4.95. The van der Waals surface area contributed by atoms with Gasteiger partial charge in [0.15, 0.2) is 0 Å². The molecule has 4 nitrogen and oxygen atoms in total. The van der Waals surface area contributed by atoms with E-state index >= 15 is 0 Å². The minimum atomic E-state index is -0.132. The number of ether oxygens (including phenoxy) is 1. The first-order valence-corrected chi connectivity index (χ1v) is 8.99. The lowest BCUT2D eigenvalue weighted by Gasteiger charge is -2.37. The normalized spacial score (nSPS) is 38.3. The van der Waals surface area contributed by atoms with E-state index in [1.165, 1.54) is 11.3 Å². The molecule has 2 saturated carbocycles. The summed E-state index contributed by atoms with van der Waals surface area (Å²) in [6.07, 6.45) is 6.55. The van der Waals surface area contributed by atoms with Gasteiger partial charge in [-0.25, -0.2) is 0 Å². The van der Waals surface area contributed by atoms with Crippen LogP contribution < -0.4 is 9.64 Å². The Bertz CT molecular complexity index is 702. The van der Waals surface area contributed by atoms with Crippen molar-refractivity contribution in [2.45, 2.75) is 19.8 Å². The van der Waals surface area contributed by atoms with Crippen LogP contribution in [-0.2, 0) is 9.59 Å². The molecule has 24 heavy (non-hydrogen) atoms. The smallest absolute Gasteiger partial charge is 0.238 e. The van der Waals surface area contributed by atoms with E-state index < -0.39 is 0 Å². The molecule has 124 valence electrons. The van der Waals surface area contributed by atoms with Gasteiger partial charge < -0.3 is 4.74 Å². The van der Waals surface area contributed by atoms with Gasteiger partial charge in [0.1, 0.15) is 5.75 Å². The van der Waals surface area contributed by atoms with E-state index in [0.29, 0.717) is 24.1 Å². The van der Waals surface area contributed by atoms with Crippen LogP contribution in [0.5, 0.6) is 5.75 Å². The maximum Gasteiger partial charge on any atom is 0.238 e. The summed E-state index contributed by atoms with van der Waals surface area (Å²) in [6, 6.07) is 7.35. The Labute approximate surface area is 141 Å². The molecule has 2 amide bonds. The molecule has 0 spiro atoms. The van der Waals surface area contributed by atoms with Gasteiger partial charge >= 0.3 is 0 Å². The molecule has 1 aromatic carbocycles. The molecule has 1 heterocycles. The predicted octanol–water partition coefficient (Wildman–Crippen LogP) is 3.03. The van der Waals surface area contributed by atoms with Crippen molar-refractivity contribution in [3.63, 3.8) is 0 Å². The van der Waals surface area contributed by atoms with Crippen LogP contribution in [0.4, 0.5) is 5.69 Å². The van der Waals surface area contributed by atoms with Crippen LogP contribution in [0.2, 0.25) is 0 Å². The fourth-order valence-corrected chi connectivity index (χ4v) is 5.12. The first kappa shape index (κ1) is 14.3. The maximum atomic E-state index is 13.0. The summed E-state index contributed by atoms with van der Waals surface area (Å²) in [5, 5.41) is 0. The van der Waals surface area contributed by atoms with Gasteiger partial charge in [-0.3, -0.25) is 14.5 Å². The number of carbonyl (C=O) groups excluding carboxylic acids is 2. The van der Waals surface area contributed by atoms with Crippen molar-refractivity contribution in [1.82, 2.24) is 0 Å². The van der Waals surface area contributed by atoms with Gasteiger partial charge in [0.2, 0.25) is 11.8 Å². The zero-order valence-corrected chi connectivity index (χ0v) is 13.7. The third-order valence-corrected chi connectivity index (χ3v) is 6.23. The lowest BCUT2D eigenvalue weighted by Crippen LogP contribution is -2.40. The monoisotopic (exact) mass is 323 g/mol. The van der Waals surface area contributed by atoms with Gasteiger partial charge in [0, 0.05) is 0 Å². The van der Waals surface area contributed by atoms with Crippen LogP contribution in [0.1, 0.15) is 19.8 Å². The minimum Gasteiger partial charge on any atom is -0.494 e. The summed E-state index contributed by atoms with van der Waals surface area (Å²) in [5.41, 5.74) is 0.677. The first-order valence-electron chi connectivity index (χ1n) is 8.99. The Kier molecular flexibility index (Phi) is 2.94. The number of imide groups is 1. The lowest BCUT2D eigenvalue weighted by atomic mass is 9.63. The first-order chi connectivity index (χ1) is 11.7. The van der Waals surface area contributed by atoms with Gasteiger partial charge in [-0.05, 0) is 60.8 Å². The molecular formula is C20H21NO3. The van der Waals surface area contributed by atoms with E-state index in [2.05, 4.69) is 19.1 Å². The topological polar surface area (TPSA) is 46.6 Å². The third kappa shape index (κ3) is 1.80. The summed E-state index contributed by atoms with van der Waals surface area (Å²) < 4.78 is 5.59. The molecule has 0 N–H and O–H groups in total. The zero-order valence-electron chi connectivity index (χ0n) is 13.7. The number of rotatable bonds is 4. The van der Waals surface area contributed by atoms with Crippen LogP contribution in [0, 0.1) is 35.5 Å². The Hall–Kier alpha value is -2.10. The molecule has 0 radical (unpaired) electrons. The number of anilines is 1. The highest BCUT2D eigenvalue weighted by Crippen LogP contribution is 2.65. The van der Waals surface area contributed by atoms with Crippen molar-refractivity contribution in [3.05, 3.63) is 36.4 Å². The van der Waals surface area contributed by atoms with E-state index in [9.17, 15) is 9.59 Å². The SMILES string of the molecule is CCCOc1ccc(N2C(=O)[C@@H]3[C@@H]4C=C[C@H]([C@H]5C[C@H]45)[C@@H]3C2=O)cc1. The molecule has 1 aromatic rings. The Morgan fingerprint density at radius 3 is 2.12 bits per heavy atom. The molecular weight excluding hydrogens is 302 g/mol. The second-order valence-electron chi connectivity index (χ2n) is 7.51. The quantitative estimate of drug-likeness (QED) is 0.632. The predicted molar refractivity (Wildman–Crippen MR) is 89.4 cm³/mol. The average Bonchev–Trinajstić information content (AvgIpc) is 3.38. The van der Waals surface area contributed by atoms with Crippen molar-refractivity contribution in [2.24, 2.45) is 35.5 Å². The van der Waals surface area contributed by atoms with Gasteiger partial charge in [-0.1, -0.05) is 19.1 Å². The Balaban J connectivity index is 1.44. The van der Waals surface area contributed by atoms with Crippen LogP contribution in [0.25, 0.3) is 0 Å². The standard InChI is InChI=1S/C20H21NO3/c1-2-9-24-12-5-3-11(4-6-12)21-19(22)17-13-7-8-14(16-10-15(13)16)18(17)20(21)23/h3-8,13-18H,2,9-10H2,1H3/t13-,14-,15-,16-,17-,18+/m1/s1. The number of nitrogens with zero attached hydrogens (tertiary/aromatic N) is 1. The highest BCUT2D eigenvalue weighted by atomic mass is 16.5. The van der Waals surface area contributed by atoms with Crippen LogP contribution in [0.3, 0.4) is 0 Å². The van der Waals surface area contributed by atoms with Crippen LogP contribution in [-0.4, -0.2) is 18.4 Å². The van der Waals surface area contributed by atoms with Crippen LogP contribution >= 0.6 is 0 Å². The van der Waals surface area contributed by atoms with Crippen molar-refractivity contribution in [3.8, 4) is 5.75 Å². The number of hydrogen-bond donors (Lipinski definition) is 0. The molecule has 3 fully saturated rings. The Morgan fingerprint density at radius 1 is 1.00 bits per heavy atom. The van der Waals surface area contributed by atoms with E-state index in [1.807, 2.05) is 24.3 Å². The van der Waals surface area contributed by atoms with E-state index in [4.69, 9.17) is 4.74 Å². The zero-order chi connectivity index (χ0) is 16.4. The molecule has 4 aliphatic carbocycles. The highest BCUT2D eigenvalue weighted by molar-refractivity contribution is 6.22. The van der Waals surface area contributed by atoms with E-state index in [-0.39, 0.29) is 35.5 Å². The third-order valence-electron chi connectivity index (χ3n) is 6.23. The molecule has 6 rings (SSSR count). The fourth-order valence-electron chi connectivity index (χ4n) is 5.12. The van der Waals surface area contributed by atoms with Gasteiger partial charge in [0.25, 0.3) is 0 Å². The molecule has 4 heteroatoms. The fraction of sp³-hybridized carbons (Fsp3) is 0.500. The number of carbonyl (C=O) groups is 2. The van der Waals surface area contributed by atoms with E-state index in [1.54, 1.807) is 0 Å². The molecule has 2 bridgehead atoms. The number of benzene rings is 1. The average molecular weight is 323 g/mol. The van der Waals surface area contributed by atoms with Crippen molar-refractivity contribution >= 4 is 17.5 Å². The summed E-state index contributed by atoms with van der Waals surface area (Å²) in [4.78, 5) is 27.4. The molecule has 1 saturated heterocycles. The molecule has 0 aromatic heterocycles. The van der Waals surface area contributed by atoms with E-state index in [0.717, 1.165) is 12.2 Å². The second-order valence-corrected chi connectivity index (χ2v) is 7.51. The van der Waals surface area contributed by atoms with Gasteiger partial charge in [0.05, 0.1) is 24.1 Å². The minimum absolute atomic E-state index is 0.00285. The molecule has 6 atom stereocenters. The largest absolute Gasteiger partial charge is 0.494 e. The van der Waals surface area contributed by atoms with Crippen molar-refractivity contribution in [1.29, 1.82) is 0 Å². The molecule has 1 aliphatic heterocycles.